The monoisotopic (exact) mass is 226 g/mol. The summed E-state index contributed by atoms with van der Waals surface area (Å²) in [6, 6.07) is 0.246. The molecule has 0 bridgehead atoms. The maximum atomic E-state index is 11.7. The lowest BCUT2D eigenvalue weighted by Crippen LogP contribution is -2.37. The molecule has 0 aliphatic heterocycles. The van der Waals surface area contributed by atoms with E-state index in [2.05, 4.69) is 12.2 Å². The van der Waals surface area contributed by atoms with E-state index >= 15 is 0 Å². The fourth-order valence-electron chi connectivity index (χ4n) is 2.40. The van der Waals surface area contributed by atoms with Gasteiger partial charge in [0.25, 0.3) is 0 Å². The first-order valence-corrected chi connectivity index (χ1v) is 6.76. The molecule has 0 radical (unpaired) electrons. The van der Waals surface area contributed by atoms with E-state index in [4.69, 9.17) is 5.73 Å². The van der Waals surface area contributed by atoms with Gasteiger partial charge in [-0.15, -0.1) is 0 Å². The molecule has 0 aromatic heterocycles. The van der Waals surface area contributed by atoms with Crippen molar-refractivity contribution < 1.29 is 4.79 Å². The summed E-state index contributed by atoms with van der Waals surface area (Å²) in [4.78, 5) is 11.7. The summed E-state index contributed by atoms with van der Waals surface area (Å²) in [5.74, 6) is 0.610. The Kier molecular flexibility index (Phi) is 6.46. The molecule has 3 heteroatoms. The van der Waals surface area contributed by atoms with Gasteiger partial charge in [-0.1, -0.05) is 32.6 Å². The Balaban J connectivity index is 2.12. The third-order valence-corrected chi connectivity index (χ3v) is 3.52. The fourth-order valence-corrected chi connectivity index (χ4v) is 2.40. The molecule has 3 N–H and O–H groups in total. The largest absolute Gasteiger partial charge is 0.356 e. The van der Waals surface area contributed by atoms with Gasteiger partial charge in [-0.25, -0.2) is 0 Å². The highest BCUT2D eigenvalue weighted by molar-refractivity contribution is 5.76. The van der Waals surface area contributed by atoms with Crippen molar-refractivity contribution in [1.29, 1.82) is 0 Å². The molecule has 0 spiro atoms. The van der Waals surface area contributed by atoms with Gasteiger partial charge in [-0.3, -0.25) is 4.79 Å². The molecule has 1 amide bonds. The van der Waals surface area contributed by atoms with E-state index in [0.717, 1.165) is 25.8 Å². The normalized spacial score (nSPS) is 25.4. The highest BCUT2D eigenvalue weighted by atomic mass is 16.1. The Morgan fingerprint density at radius 2 is 2.06 bits per heavy atom. The second-order valence-corrected chi connectivity index (χ2v) is 4.97. The van der Waals surface area contributed by atoms with Crippen LogP contribution in [-0.4, -0.2) is 18.5 Å². The zero-order chi connectivity index (χ0) is 11.8. The molecule has 1 aliphatic rings. The Bertz CT molecular complexity index is 206. The van der Waals surface area contributed by atoms with Crippen LogP contribution in [-0.2, 0) is 4.79 Å². The second kappa shape index (κ2) is 7.66. The number of rotatable bonds is 6. The summed E-state index contributed by atoms with van der Waals surface area (Å²) in [6.45, 7) is 3.00. The molecule has 2 atom stereocenters. The van der Waals surface area contributed by atoms with Crippen LogP contribution in [0.15, 0.2) is 0 Å². The molecule has 94 valence electrons. The number of carbonyl (C=O) groups is 1. The van der Waals surface area contributed by atoms with Gasteiger partial charge < -0.3 is 11.1 Å². The van der Waals surface area contributed by atoms with Crippen molar-refractivity contribution in [3.05, 3.63) is 0 Å². The van der Waals surface area contributed by atoms with Crippen LogP contribution in [0.3, 0.4) is 0 Å². The SMILES string of the molecule is CCCCCNC(=O)CC1CCCCC1N. The van der Waals surface area contributed by atoms with Crippen LogP contribution in [0.2, 0.25) is 0 Å². The second-order valence-electron chi connectivity index (χ2n) is 4.97. The molecule has 2 unspecified atom stereocenters. The lowest BCUT2D eigenvalue weighted by atomic mass is 9.83. The minimum atomic E-state index is 0.193. The van der Waals surface area contributed by atoms with Gasteiger partial charge in [0, 0.05) is 19.0 Å². The average molecular weight is 226 g/mol. The topological polar surface area (TPSA) is 55.1 Å². The van der Waals surface area contributed by atoms with Crippen LogP contribution in [0.1, 0.15) is 58.3 Å². The summed E-state index contributed by atoms with van der Waals surface area (Å²) in [7, 11) is 0. The Labute approximate surface area is 99.2 Å². The third-order valence-electron chi connectivity index (χ3n) is 3.52. The summed E-state index contributed by atoms with van der Waals surface area (Å²) in [5, 5.41) is 2.99. The molecule has 0 saturated heterocycles. The van der Waals surface area contributed by atoms with Crippen molar-refractivity contribution >= 4 is 5.91 Å². The number of hydrogen-bond donors (Lipinski definition) is 2. The molecule has 1 fully saturated rings. The van der Waals surface area contributed by atoms with Crippen molar-refractivity contribution in [1.82, 2.24) is 5.32 Å². The van der Waals surface area contributed by atoms with Crippen LogP contribution in [0.25, 0.3) is 0 Å². The van der Waals surface area contributed by atoms with Gasteiger partial charge >= 0.3 is 0 Å². The van der Waals surface area contributed by atoms with Crippen LogP contribution in [0, 0.1) is 5.92 Å². The highest BCUT2D eigenvalue weighted by Gasteiger charge is 2.23. The number of nitrogens with one attached hydrogen (secondary N) is 1. The molecule has 3 nitrogen and oxygen atoms in total. The Morgan fingerprint density at radius 3 is 2.75 bits per heavy atom. The van der Waals surface area contributed by atoms with E-state index < -0.39 is 0 Å². The average Bonchev–Trinajstić information content (AvgIpc) is 2.28. The molecule has 0 aromatic carbocycles. The molecular formula is C13H26N2O. The smallest absolute Gasteiger partial charge is 0.220 e. The quantitative estimate of drug-likeness (QED) is 0.682. The highest BCUT2D eigenvalue weighted by Crippen LogP contribution is 2.25. The zero-order valence-corrected chi connectivity index (χ0v) is 10.5. The van der Waals surface area contributed by atoms with E-state index in [0.29, 0.717) is 12.3 Å². The fraction of sp³-hybridized carbons (Fsp3) is 0.923. The van der Waals surface area contributed by atoms with E-state index in [1.54, 1.807) is 0 Å². The van der Waals surface area contributed by atoms with Crippen molar-refractivity contribution in [2.45, 2.75) is 64.3 Å². The Morgan fingerprint density at radius 1 is 1.31 bits per heavy atom. The van der Waals surface area contributed by atoms with Crippen LogP contribution in [0.5, 0.6) is 0 Å². The summed E-state index contributed by atoms with van der Waals surface area (Å²) >= 11 is 0. The summed E-state index contributed by atoms with van der Waals surface area (Å²) in [5.41, 5.74) is 6.02. The minimum Gasteiger partial charge on any atom is -0.356 e. The maximum absolute atomic E-state index is 11.7. The molecule has 16 heavy (non-hydrogen) atoms. The number of amides is 1. The molecule has 1 saturated carbocycles. The molecule has 1 aliphatic carbocycles. The Hall–Kier alpha value is -0.570. The van der Waals surface area contributed by atoms with Gasteiger partial charge in [0.05, 0.1) is 0 Å². The molecule has 1 rings (SSSR count). The van der Waals surface area contributed by atoms with E-state index in [-0.39, 0.29) is 11.9 Å². The standard InChI is InChI=1S/C13H26N2O/c1-2-3-6-9-15-13(16)10-11-7-4-5-8-12(11)14/h11-12H,2-10,14H2,1H3,(H,15,16). The lowest BCUT2D eigenvalue weighted by Gasteiger charge is -2.27. The predicted molar refractivity (Wildman–Crippen MR) is 67.1 cm³/mol. The number of hydrogen-bond acceptors (Lipinski definition) is 2. The van der Waals surface area contributed by atoms with Gasteiger partial charge in [0.15, 0.2) is 0 Å². The number of carbonyl (C=O) groups excluding carboxylic acids is 1. The van der Waals surface area contributed by atoms with Crippen molar-refractivity contribution in [2.75, 3.05) is 6.54 Å². The van der Waals surface area contributed by atoms with Crippen molar-refractivity contribution in [3.8, 4) is 0 Å². The van der Waals surface area contributed by atoms with Gasteiger partial charge in [-0.05, 0) is 25.2 Å². The number of unbranched alkanes of at least 4 members (excludes halogenated alkanes) is 2. The maximum Gasteiger partial charge on any atom is 0.220 e. The van der Waals surface area contributed by atoms with Crippen molar-refractivity contribution in [3.63, 3.8) is 0 Å². The molecule has 0 heterocycles. The van der Waals surface area contributed by atoms with Crippen molar-refractivity contribution in [2.24, 2.45) is 11.7 Å². The van der Waals surface area contributed by atoms with Gasteiger partial charge in [-0.2, -0.15) is 0 Å². The van der Waals surface area contributed by atoms with E-state index in [9.17, 15) is 4.79 Å². The minimum absolute atomic E-state index is 0.193. The first-order valence-electron chi connectivity index (χ1n) is 6.76. The molecular weight excluding hydrogens is 200 g/mol. The van der Waals surface area contributed by atoms with Crippen LogP contribution < -0.4 is 11.1 Å². The van der Waals surface area contributed by atoms with E-state index in [1.165, 1.54) is 25.7 Å². The van der Waals surface area contributed by atoms with Gasteiger partial charge in [0.1, 0.15) is 0 Å². The first kappa shape index (κ1) is 13.5. The zero-order valence-electron chi connectivity index (χ0n) is 10.5. The summed E-state index contributed by atoms with van der Waals surface area (Å²) in [6.07, 6.45) is 8.81. The molecule has 0 aromatic rings. The summed E-state index contributed by atoms with van der Waals surface area (Å²) < 4.78 is 0. The van der Waals surface area contributed by atoms with Crippen LogP contribution in [0.4, 0.5) is 0 Å². The lowest BCUT2D eigenvalue weighted by molar-refractivity contribution is -0.122. The van der Waals surface area contributed by atoms with E-state index in [1.807, 2.05) is 0 Å². The third kappa shape index (κ3) is 4.97. The number of nitrogens with two attached hydrogens (primary N) is 1. The predicted octanol–water partition coefficient (Wildman–Crippen LogP) is 2.20. The first-order chi connectivity index (χ1) is 7.74. The van der Waals surface area contributed by atoms with Gasteiger partial charge in [0.2, 0.25) is 5.91 Å². The van der Waals surface area contributed by atoms with Crippen LogP contribution >= 0.6 is 0 Å².